The second-order valence-corrected chi connectivity index (χ2v) is 7.48. The summed E-state index contributed by atoms with van der Waals surface area (Å²) < 4.78 is 0. The van der Waals surface area contributed by atoms with Gasteiger partial charge in [-0.1, -0.05) is 6.07 Å². The fourth-order valence-corrected chi connectivity index (χ4v) is 4.07. The minimum Gasteiger partial charge on any atom is -0.378 e. The van der Waals surface area contributed by atoms with Gasteiger partial charge in [-0.25, -0.2) is 0 Å². The highest BCUT2D eigenvalue weighted by molar-refractivity contribution is 7.10. The van der Waals surface area contributed by atoms with E-state index in [9.17, 15) is 20.0 Å². The predicted molar refractivity (Wildman–Crippen MR) is 107 cm³/mol. The summed E-state index contributed by atoms with van der Waals surface area (Å²) in [5, 5.41) is 30.2. The standard InChI is InChI=1S/C19H16N2O4S2/c22-18(8-5-14-3-6-16(7-4-14)21(24)25)20-13-19(23,15-9-11-26-12-15)17-2-1-10-27-17/h1-12,23H,13H2,(H,20,22)/b8-5+. The molecule has 0 bridgehead atoms. The van der Waals surface area contributed by atoms with Crippen LogP contribution in [0.25, 0.3) is 6.08 Å². The molecule has 27 heavy (non-hydrogen) atoms. The van der Waals surface area contributed by atoms with E-state index in [1.807, 2.05) is 34.3 Å². The van der Waals surface area contributed by atoms with Crippen molar-refractivity contribution in [3.63, 3.8) is 0 Å². The Morgan fingerprint density at radius 2 is 2.00 bits per heavy atom. The number of nitrogens with zero attached hydrogens (tertiary/aromatic N) is 1. The normalized spacial score (nSPS) is 13.4. The average Bonchev–Trinajstić information content (AvgIpc) is 3.39. The van der Waals surface area contributed by atoms with Crippen molar-refractivity contribution in [1.82, 2.24) is 5.32 Å². The topological polar surface area (TPSA) is 92.5 Å². The molecular weight excluding hydrogens is 384 g/mol. The quantitative estimate of drug-likeness (QED) is 0.359. The van der Waals surface area contributed by atoms with Crippen LogP contribution in [0.2, 0.25) is 0 Å². The summed E-state index contributed by atoms with van der Waals surface area (Å²) in [4.78, 5) is 23.1. The Bertz CT molecular complexity index is 899. The van der Waals surface area contributed by atoms with Crippen LogP contribution in [-0.4, -0.2) is 22.5 Å². The van der Waals surface area contributed by atoms with E-state index >= 15 is 0 Å². The highest BCUT2D eigenvalue weighted by atomic mass is 32.1. The lowest BCUT2D eigenvalue weighted by atomic mass is 9.94. The molecule has 0 saturated heterocycles. The molecule has 0 fully saturated rings. The van der Waals surface area contributed by atoms with Gasteiger partial charge >= 0.3 is 0 Å². The highest BCUT2D eigenvalue weighted by Crippen LogP contribution is 2.33. The number of amides is 1. The number of carbonyl (C=O) groups excluding carboxylic acids is 1. The van der Waals surface area contributed by atoms with Crippen LogP contribution in [0.5, 0.6) is 0 Å². The molecule has 1 atom stereocenters. The number of aliphatic hydroxyl groups is 1. The summed E-state index contributed by atoms with van der Waals surface area (Å²) in [6.45, 7) is 0.0354. The van der Waals surface area contributed by atoms with Crippen LogP contribution < -0.4 is 5.32 Å². The van der Waals surface area contributed by atoms with E-state index in [0.29, 0.717) is 5.56 Å². The summed E-state index contributed by atoms with van der Waals surface area (Å²) in [7, 11) is 0. The zero-order valence-corrected chi connectivity index (χ0v) is 15.7. The van der Waals surface area contributed by atoms with Gasteiger partial charge in [0.05, 0.1) is 11.5 Å². The minimum atomic E-state index is -1.29. The van der Waals surface area contributed by atoms with Gasteiger partial charge in [0.25, 0.3) is 5.69 Å². The third-order valence-electron chi connectivity index (χ3n) is 3.98. The second kappa shape index (κ2) is 8.26. The molecule has 0 aliphatic rings. The van der Waals surface area contributed by atoms with Crippen molar-refractivity contribution in [1.29, 1.82) is 0 Å². The maximum Gasteiger partial charge on any atom is 0.269 e. The molecule has 2 aromatic heterocycles. The number of nitrogens with one attached hydrogen (secondary N) is 1. The molecule has 0 aliphatic carbocycles. The number of non-ortho nitro benzene ring substituents is 1. The van der Waals surface area contributed by atoms with Crippen LogP contribution in [0.15, 0.2) is 64.7 Å². The van der Waals surface area contributed by atoms with E-state index in [2.05, 4.69) is 5.32 Å². The molecule has 2 N–H and O–H groups in total. The lowest BCUT2D eigenvalue weighted by Crippen LogP contribution is -2.40. The summed E-state index contributed by atoms with van der Waals surface area (Å²) in [6, 6.07) is 11.4. The summed E-state index contributed by atoms with van der Waals surface area (Å²) in [5.41, 5.74) is 0.107. The van der Waals surface area contributed by atoms with Crippen LogP contribution >= 0.6 is 22.7 Å². The lowest BCUT2D eigenvalue weighted by Gasteiger charge is -2.26. The Kier molecular flexibility index (Phi) is 5.80. The van der Waals surface area contributed by atoms with Gasteiger partial charge in [-0.2, -0.15) is 11.3 Å². The highest BCUT2D eigenvalue weighted by Gasteiger charge is 2.33. The molecule has 6 nitrogen and oxygen atoms in total. The molecule has 8 heteroatoms. The maximum atomic E-state index is 12.2. The summed E-state index contributed by atoms with van der Waals surface area (Å²) in [5.74, 6) is -0.362. The molecule has 0 saturated carbocycles. The van der Waals surface area contributed by atoms with E-state index in [1.165, 1.54) is 40.9 Å². The first kappa shape index (κ1) is 19.0. The molecular formula is C19H16N2O4S2. The number of nitro benzene ring substituents is 1. The lowest BCUT2D eigenvalue weighted by molar-refractivity contribution is -0.384. The monoisotopic (exact) mass is 400 g/mol. The zero-order chi connectivity index (χ0) is 19.3. The number of rotatable bonds is 7. The van der Waals surface area contributed by atoms with Crippen molar-refractivity contribution in [2.75, 3.05) is 6.54 Å². The van der Waals surface area contributed by atoms with Crippen LogP contribution in [0.3, 0.4) is 0 Å². The number of hydrogen-bond donors (Lipinski definition) is 2. The number of hydrogen-bond acceptors (Lipinski definition) is 6. The van der Waals surface area contributed by atoms with Gasteiger partial charge in [-0.15, -0.1) is 11.3 Å². The Hall–Kier alpha value is -2.81. The Morgan fingerprint density at radius 1 is 1.22 bits per heavy atom. The van der Waals surface area contributed by atoms with Crippen LogP contribution in [0, 0.1) is 10.1 Å². The molecule has 1 aromatic carbocycles. The van der Waals surface area contributed by atoms with E-state index < -0.39 is 10.5 Å². The van der Waals surface area contributed by atoms with Crippen molar-refractivity contribution >= 4 is 40.3 Å². The predicted octanol–water partition coefficient (Wildman–Crippen LogP) is 3.78. The fourth-order valence-electron chi connectivity index (χ4n) is 2.50. The molecule has 1 amide bonds. The molecule has 0 aliphatic heterocycles. The first-order valence-electron chi connectivity index (χ1n) is 7.98. The first-order chi connectivity index (χ1) is 13.0. The average molecular weight is 400 g/mol. The van der Waals surface area contributed by atoms with Gasteiger partial charge in [-0.05, 0) is 52.0 Å². The SMILES string of the molecule is O=C(/C=C/c1ccc([N+](=O)[O-])cc1)NCC(O)(c1ccsc1)c1cccs1. The van der Waals surface area contributed by atoms with E-state index in [4.69, 9.17) is 0 Å². The van der Waals surface area contributed by atoms with Crippen molar-refractivity contribution in [3.05, 3.63) is 90.8 Å². The van der Waals surface area contributed by atoms with E-state index in [-0.39, 0.29) is 18.1 Å². The summed E-state index contributed by atoms with van der Waals surface area (Å²) in [6.07, 6.45) is 2.90. The third kappa shape index (κ3) is 4.48. The van der Waals surface area contributed by atoms with Gasteiger partial charge in [-0.3, -0.25) is 14.9 Å². The second-order valence-electron chi connectivity index (χ2n) is 5.75. The number of nitro groups is 1. The van der Waals surface area contributed by atoms with Gasteiger partial charge in [0.2, 0.25) is 5.91 Å². The van der Waals surface area contributed by atoms with Gasteiger partial charge in [0.15, 0.2) is 0 Å². The maximum absolute atomic E-state index is 12.2. The minimum absolute atomic E-state index is 0.00613. The number of benzene rings is 1. The largest absolute Gasteiger partial charge is 0.378 e. The molecule has 3 rings (SSSR count). The van der Waals surface area contributed by atoms with Crippen LogP contribution in [0.1, 0.15) is 16.0 Å². The number of thiophene rings is 2. The van der Waals surface area contributed by atoms with Crippen LogP contribution in [0.4, 0.5) is 5.69 Å². The van der Waals surface area contributed by atoms with Gasteiger partial charge in [0.1, 0.15) is 5.60 Å². The molecule has 0 radical (unpaired) electrons. The van der Waals surface area contributed by atoms with Crippen molar-refractivity contribution in [3.8, 4) is 0 Å². The first-order valence-corrected chi connectivity index (χ1v) is 9.81. The number of carbonyl (C=O) groups is 1. The third-order valence-corrected chi connectivity index (χ3v) is 5.68. The van der Waals surface area contributed by atoms with Crippen molar-refractivity contribution in [2.45, 2.75) is 5.60 Å². The molecule has 138 valence electrons. The van der Waals surface area contributed by atoms with Crippen molar-refractivity contribution in [2.24, 2.45) is 0 Å². The molecule has 1 unspecified atom stereocenters. The smallest absolute Gasteiger partial charge is 0.269 e. The Morgan fingerprint density at radius 3 is 2.59 bits per heavy atom. The zero-order valence-electron chi connectivity index (χ0n) is 14.1. The Labute approximate surface area is 163 Å². The Balaban J connectivity index is 1.67. The van der Waals surface area contributed by atoms with Gasteiger partial charge < -0.3 is 10.4 Å². The van der Waals surface area contributed by atoms with Gasteiger partial charge in [0, 0.05) is 28.6 Å². The van der Waals surface area contributed by atoms with Crippen LogP contribution in [-0.2, 0) is 10.4 Å². The van der Waals surface area contributed by atoms with E-state index in [0.717, 1.165) is 10.4 Å². The fraction of sp³-hybridized carbons (Fsp3) is 0.105. The van der Waals surface area contributed by atoms with E-state index in [1.54, 1.807) is 18.2 Å². The summed E-state index contributed by atoms with van der Waals surface area (Å²) >= 11 is 2.90. The molecule has 3 aromatic rings. The van der Waals surface area contributed by atoms with Crippen molar-refractivity contribution < 1.29 is 14.8 Å². The molecule has 0 spiro atoms. The molecule has 2 heterocycles.